The number of hydrogen-bond acceptors (Lipinski definition) is 4. The highest BCUT2D eigenvalue weighted by Crippen LogP contribution is 2.30. The third-order valence-electron chi connectivity index (χ3n) is 9.14. The van der Waals surface area contributed by atoms with Gasteiger partial charge in [0.05, 0.1) is 10.6 Å². The fraction of sp³-hybridized carbons (Fsp3) is 0.333. The van der Waals surface area contributed by atoms with Crippen LogP contribution < -0.4 is 9.62 Å². The second-order valence-electron chi connectivity index (χ2n) is 12.7. The maximum absolute atomic E-state index is 14.8. The molecule has 4 aromatic carbocycles. The van der Waals surface area contributed by atoms with E-state index in [-0.39, 0.29) is 23.4 Å². The number of carbonyl (C=O) groups is 2. The molecule has 5 rings (SSSR count). The molecule has 0 radical (unpaired) electrons. The lowest BCUT2D eigenvalue weighted by Gasteiger charge is -2.35. The number of amides is 2. The summed E-state index contributed by atoms with van der Waals surface area (Å²) in [5.41, 5.74) is 5.85. The van der Waals surface area contributed by atoms with Crippen molar-refractivity contribution < 1.29 is 18.0 Å². The van der Waals surface area contributed by atoms with E-state index in [2.05, 4.69) is 5.32 Å². The summed E-state index contributed by atoms with van der Waals surface area (Å²) in [4.78, 5) is 30.6. The number of nitrogens with one attached hydrogen (secondary N) is 1. The van der Waals surface area contributed by atoms with Crippen molar-refractivity contribution in [2.45, 2.75) is 83.3 Å². The Morgan fingerprint density at radius 3 is 2.13 bits per heavy atom. The first kappa shape index (κ1) is 33.9. The monoisotopic (exact) mass is 651 g/mol. The molecule has 8 heteroatoms. The second kappa shape index (κ2) is 15.0. The molecule has 7 nitrogen and oxygen atoms in total. The summed E-state index contributed by atoms with van der Waals surface area (Å²) < 4.78 is 29.9. The summed E-state index contributed by atoms with van der Waals surface area (Å²) in [5.74, 6) is -0.674. The van der Waals surface area contributed by atoms with E-state index in [4.69, 9.17) is 0 Å². The third-order valence-corrected chi connectivity index (χ3v) is 10.9. The lowest BCUT2D eigenvalue weighted by atomic mass is 10.0. The van der Waals surface area contributed by atoms with Gasteiger partial charge in [-0.3, -0.25) is 13.9 Å². The minimum Gasteiger partial charge on any atom is -0.352 e. The third kappa shape index (κ3) is 8.30. The Balaban J connectivity index is 1.59. The Bertz CT molecular complexity index is 1800. The molecular formula is C39H45N3O4S. The Morgan fingerprint density at radius 2 is 1.45 bits per heavy atom. The van der Waals surface area contributed by atoms with Crippen LogP contribution >= 0.6 is 0 Å². The fourth-order valence-corrected chi connectivity index (χ4v) is 7.76. The minimum atomic E-state index is -4.16. The normalized spacial score (nSPS) is 14.0. The molecule has 0 saturated heterocycles. The molecule has 1 unspecified atom stereocenters. The number of sulfonamides is 1. The molecule has 246 valence electrons. The largest absolute Gasteiger partial charge is 0.352 e. The van der Waals surface area contributed by atoms with E-state index in [1.165, 1.54) is 4.31 Å². The number of aryl methyl sites for hydroxylation is 3. The van der Waals surface area contributed by atoms with Gasteiger partial charge in [-0.25, -0.2) is 8.42 Å². The van der Waals surface area contributed by atoms with Gasteiger partial charge in [-0.1, -0.05) is 103 Å². The highest BCUT2D eigenvalue weighted by molar-refractivity contribution is 7.92. The van der Waals surface area contributed by atoms with Crippen LogP contribution in [-0.2, 0) is 32.6 Å². The average molecular weight is 652 g/mol. The molecule has 1 aliphatic carbocycles. The maximum Gasteiger partial charge on any atom is 0.264 e. The molecule has 2 amide bonds. The summed E-state index contributed by atoms with van der Waals surface area (Å²) in [6.45, 7) is 7.36. The molecule has 1 aliphatic rings. The van der Waals surface area contributed by atoms with Crippen LogP contribution in [0.15, 0.2) is 102 Å². The zero-order valence-electron chi connectivity index (χ0n) is 27.8. The number of nitrogens with zero attached hydrogens (tertiary/aromatic N) is 2. The van der Waals surface area contributed by atoms with Gasteiger partial charge in [0.25, 0.3) is 10.0 Å². The summed E-state index contributed by atoms with van der Waals surface area (Å²) in [6.07, 6.45) is 4.23. The van der Waals surface area contributed by atoms with Crippen LogP contribution in [-0.4, -0.2) is 43.8 Å². The van der Waals surface area contributed by atoms with Crippen molar-refractivity contribution in [2.75, 3.05) is 10.8 Å². The van der Waals surface area contributed by atoms with E-state index in [0.29, 0.717) is 12.1 Å². The van der Waals surface area contributed by atoms with E-state index >= 15 is 0 Å². The molecule has 0 spiro atoms. The topological polar surface area (TPSA) is 86.8 Å². The first-order valence-electron chi connectivity index (χ1n) is 16.4. The van der Waals surface area contributed by atoms with Crippen molar-refractivity contribution >= 4 is 27.5 Å². The Hall–Kier alpha value is -4.43. The average Bonchev–Trinajstić information content (AvgIpc) is 3.56. The molecule has 1 atom stereocenters. The standard InChI is InChI=1S/C39H45N3O4S/c1-28-20-22-35(23-21-28)47(45,46)42(36-19-11-13-30(3)31(36)4)27-38(43)41(26-33-16-10-12-29(2)24-33)37(25-32-14-6-5-7-15-32)39(44)40-34-17-8-9-18-34/h5-7,10-16,19-24,34,37H,8-9,17-18,25-27H2,1-4H3,(H,40,44). The van der Waals surface area contributed by atoms with E-state index in [0.717, 1.165) is 59.1 Å². The van der Waals surface area contributed by atoms with E-state index in [1.807, 2.05) is 88.4 Å². The molecular weight excluding hydrogens is 607 g/mol. The van der Waals surface area contributed by atoms with Gasteiger partial charge in [0.1, 0.15) is 12.6 Å². The lowest BCUT2D eigenvalue weighted by molar-refractivity contribution is -0.140. The lowest BCUT2D eigenvalue weighted by Crippen LogP contribution is -2.54. The van der Waals surface area contributed by atoms with Crippen molar-refractivity contribution in [1.29, 1.82) is 0 Å². The number of hydrogen-bond donors (Lipinski definition) is 1. The number of anilines is 1. The van der Waals surface area contributed by atoms with Crippen LogP contribution in [0, 0.1) is 27.7 Å². The number of carbonyl (C=O) groups excluding carboxylic acids is 2. The van der Waals surface area contributed by atoms with Crippen molar-refractivity contribution in [3.8, 4) is 0 Å². The van der Waals surface area contributed by atoms with Gasteiger partial charge in [-0.05, 0) is 81.0 Å². The van der Waals surface area contributed by atoms with E-state index in [9.17, 15) is 18.0 Å². The summed E-state index contributed by atoms with van der Waals surface area (Å²) in [7, 11) is -4.16. The summed E-state index contributed by atoms with van der Waals surface area (Å²) in [6, 6.07) is 28.9. The maximum atomic E-state index is 14.8. The highest BCUT2D eigenvalue weighted by atomic mass is 32.2. The molecule has 1 saturated carbocycles. The van der Waals surface area contributed by atoms with E-state index < -0.39 is 28.5 Å². The number of benzene rings is 4. The van der Waals surface area contributed by atoms with Crippen LogP contribution in [0.1, 0.15) is 59.1 Å². The van der Waals surface area contributed by atoms with Gasteiger partial charge in [0.15, 0.2) is 0 Å². The first-order chi connectivity index (χ1) is 22.5. The molecule has 0 aliphatic heterocycles. The molecule has 47 heavy (non-hydrogen) atoms. The fourth-order valence-electron chi connectivity index (χ4n) is 6.29. The van der Waals surface area contributed by atoms with Crippen LogP contribution in [0.5, 0.6) is 0 Å². The van der Waals surface area contributed by atoms with Crippen LogP contribution in [0.25, 0.3) is 0 Å². The predicted octanol–water partition coefficient (Wildman–Crippen LogP) is 6.81. The summed E-state index contributed by atoms with van der Waals surface area (Å²) in [5, 5.41) is 3.23. The molecule has 0 heterocycles. The smallest absolute Gasteiger partial charge is 0.264 e. The van der Waals surface area contributed by atoms with Crippen molar-refractivity contribution in [3.63, 3.8) is 0 Å². The van der Waals surface area contributed by atoms with E-state index in [1.54, 1.807) is 41.3 Å². The Kier molecular flexibility index (Phi) is 10.8. The van der Waals surface area contributed by atoms with Gasteiger partial charge in [-0.2, -0.15) is 0 Å². The van der Waals surface area contributed by atoms with Crippen LogP contribution in [0.2, 0.25) is 0 Å². The van der Waals surface area contributed by atoms with Gasteiger partial charge in [0, 0.05) is 19.0 Å². The molecule has 1 N–H and O–H groups in total. The van der Waals surface area contributed by atoms with Crippen molar-refractivity contribution in [2.24, 2.45) is 0 Å². The second-order valence-corrected chi connectivity index (χ2v) is 14.6. The Morgan fingerprint density at radius 1 is 0.787 bits per heavy atom. The van der Waals surface area contributed by atoms with Gasteiger partial charge < -0.3 is 10.2 Å². The van der Waals surface area contributed by atoms with Crippen molar-refractivity contribution in [1.82, 2.24) is 10.2 Å². The molecule has 1 fully saturated rings. The predicted molar refractivity (Wildman–Crippen MR) is 188 cm³/mol. The van der Waals surface area contributed by atoms with Gasteiger partial charge in [0.2, 0.25) is 11.8 Å². The summed E-state index contributed by atoms with van der Waals surface area (Å²) >= 11 is 0. The zero-order valence-corrected chi connectivity index (χ0v) is 28.6. The quantitative estimate of drug-likeness (QED) is 0.182. The molecule has 0 aromatic heterocycles. The van der Waals surface area contributed by atoms with Crippen molar-refractivity contribution in [3.05, 3.63) is 130 Å². The van der Waals surface area contributed by atoms with Gasteiger partial charge in [-0.15, -0.1) is 0 Å². The number of rotatable bonds is 12. The molecule has 0 bridgehead atoms. The minimum absolute atomic E-state index is 0.0602. The first-order valence-corrected chi connectivity index (χ1v) is 17.8. The molecule has 4 aromatic rings. The SMILES string of the molecule is Cc1ccc(S(=O)(=O)N(CC(=O)N(Cc2cccc(C)c2)C(Cc2ccccc2)C(=O)NC2CCCC2)c2cccc(C)c2C)cc1. The highest BCUT2D eigenvalue weighted by Gasteiger charge is 2.36. The zero-order chi connectivity index (χ0) is 33.6. The van der Waals surface area contributed by atoms with Gasteiger partial charge >= 0.3 is 0 Å². The Labute approximate surface area is 279 Å². The van der Waals surface area contributed by atoms with Crippen LogP contribution in [0.3, 0.4) is 0 Å². The van der Waals surface area contributed by atoms with Crippen LogP contribution in [0.4, 0.5) is 5.69 Å².